The smallest absolute Gasteiger partial charge is 0.149 e. The molecule has 0 saturated heterocycles. The Hall–Kier alpha value is -1.19. The van der Waals surface area contributed by atoms with Crippen molar-refractivity contribution < 1.29 is 0 Å². The third-order valence-corrected chi connectivity index (χ3v) is 3.41. The number of fused-ring (bicyclic) bond motifs is 1. The van der Waals surface area contributed by atoms with Crippen LogP contribution in [0, 0.1) is 6.92 Å². The van der Waals surface area contributed by atoms with E-state index in [2.05, 4.69) is 9.97 Å². The van der Waals surface area contributed by atoms with E-state index < -0.39 is 0 Å². The molecule has 0 amide bonds. The number of benzene rings is 1. The van der Waals surface area contributed by atoms with E-state index in [1.54, 1.807) is 0 Å². The van der Waals surface area contributed by atoms with Crippen molar-refractivity contribution >= 4 is 22.5 Å². The van der Waals surface area contributed by atoms with Gasteiger partial charge >= 0.3 is 0 Å². The van der Waals surface area contributed by atoms with Gasteiger partial charge in [-0.05, 0) is 25.8 Å². The molecule has 2 N–H and O–H groups in total. The molecule has 0 spiro atoms. The second-order valence-electron chi connectivity index (χ2n) is 4.42. The number of aromatic nitrogens is 2. The van der Waals surface area contributed by atoms with Gasteiger partial charge in [0.05, 0.1) is 16.1 Å². The number of hydrogen-bond donors (Lipinski definition) is 1. The molecule has 1 saturated carbocycles. The van der Waals surface area contributed by atoms with Crippen molar-refractivity contribution in [1.82, 2.24) is 9.97 Å². The van der Waals surface area contributed by atoms with Crippen LogP contribution < -0.4 is 5.73 Å². The molecule has 3 rings (SSSR count). The second kappa shape index (κ2) is 3.15. The first-order chi connectivity index (χ1) is 7.60. The van der Waals surface area contributed by atoms with Crippen molar-refractivity contribution in [3.63, 3.8) is 0 Å². The van der Waals surface area contributed by atoms with Gasteiger partial charge in [-0.1, -0.05) is 23.7 Å². The minimum absolute atomic E-state index is 0.307. The molecule has 16 heavy (non-hydrogen) atoms. The van der Waals surface area contributed by atoms with E-state index in [1.807, 2.05) is 25.1 Å². The maximum atomic E-state index is 6.14. The van der Waals surface area contributed by atoms with Gasteiger partial charge in [-0.25, -0.2) is 9.97 Å². The highest BCUT2D eigenvalue weighted by molar-refractivity contribution is 6.35. The first kappa shape index (κ1) is 10.00. The molecule has 0 bridgehead atoms. The molecule has 82 valence electrons. The Morgan fingerprint density at radius 3 is 2.75 bits per heavy atom. The number of aryl methyl sites for hydroxylation is 1. The van der Waals surface area contributed by atoms with Gasteiger partial charge in [0.1, 0.15) is 5.82 Å². The highest BCUT2D eigenvalue weighted by atomic mass is 35.5. The highest BCUT2D eigenvalue weighted by Gasteiger charge is 2.43. The largest absolute Gasteiger partial charge is 0.319 e. The molecule has 1 aromatic heterocycles. The number of hydrogen-bond acceptors (Lipinski definition) is 3. The minimum atomic E-state index is -0.307. The fourth-order valence-electron chi connectivity index (χ4n) is 1.85. The normalized spacial score (nSPS) is 17.7. The molecule has 0 atom stereocenters. The van der Waals surface area contributed by atoms with Gasteiger partial charge in [0, 0.05) is 11.1 Å². The highest BCUT2D eigenvalue weighted by Crippen LogP contribution is 2.41. The van der Waals surface area contributed by atoms with E-state index in [-0.39, 0.29) is 5.54 Å². The van der Waals surface area contributed by atoms with E-state index in [4.69, 9.17) is 17.3 Å². The molecule has 2 aromatic rings. The van der Waals surface area contributed by atoms with Crippen molar-refractivity contribution in [3.05, 3.63) is 34.7 Å². The van der Waals surface area contributed by atoms with Crippen LogP contribution in [-0.2, 0) is 5.54 Å². The predicted octanol–water partition coefficient (Wildman–Crippen LogP) is 2.54. The third-order valence-electron chi connectivity index (χ3n) is 3.10. The Morgan fingerprint density at radius 1 is 1.31 bits per heavy atom. The molecule has 4 heteroatoms. The number of nitrogens with zero attached hydrogens (tertiary/aromatic N) is 2. The van der Waals surface area contributed by atoms with Crippen molar-refractivity contribution in [1.29, 1.82) is 0 Å². The van der Waals surface area contributed by atoms with Crippen LogP contribution in [0.2, 0.25) is 5.02 Å². The van der Waals surface area contributed by atoms with Gasteiger partial charge in [-0.15, -0.1) is 0 Å². The van der Waals surface area contributed by atoms with Crippen LogP contribution in [0.4, 0.5) is 0 Å². The number of rotatable bonds is 1. The van der Waals surface area contributed by atoms with Crippen LogP contribution in [-0.4, -0.2) is 9.97 Å². The Kier molecular flexibility index (Phi) is 1.97. The van der Waals surface area contributed by atoms with Gasteiger partial charge in [-0.2, -0.15) is 0 Å². The standard InChI is InChI=1S/C12H12ClN3/c1-7-8-3-2-4-9(13)10(8)16-11(15-7)12(14)5-6-12/h2-4H,5-6,14H2,1H3. The van der Waals surface area contributed by atoms with E-state index >= 15 is 0 Å². The zero-order valence-corrected chi connectivity index (χ0v) is 9.75. The van der Waals surface area contributed by atoms with Crippen molar-refractivity contribution in [3.8, 4) is 0 Å². The summed E-state index contributed by atoms with van der Waals surface area (Å²) in [6, 6.07) is 5.74. The Labute approximate surface area is 98.6 Å². The summed E-state index contributed by atoms with van der Waals surface area (Å²) < 4.78 is 0. The van der Waals surface area contributed by atoms with Crippen LogP contribution in [0.15, 0.2) is 18.2 Å². The molecule has 3 nitrogen and oxygen atoms in total. The van der Waals surface area contributed by atoms with E-state index in [9.17, 15) is 0 Å². The molecule has 1 aliphatic rings. The lowest BCUT2D eigenvalue weighted by Gasteiger charge is -2.10. The summed E-state index contributed by atoms with van der Waals surface area (Å²) in [5.74, 6) is 0.727. The Morgan fingerprint density at radius 2 is 2.06 bits per heavy atom. The van der Waals surface area contributed by atoms with Crippen LogP contribution in [0.25, 0.3) is 10.9 Å². The molecule has 0 unspecified atom stereocenters. The number of nitrogens with two attached hydrogens (primary N) is 1. The molecular weight excluding hydrogens is 222 g/mol. The average Bonchev–Trinajstić information content (AvgIpc) is 2.99. The molecule has 1 fully saturated rings. The molecular formula is C12H12ClN3. The zero-order valence-electron chi connectivity index (χ0n) is 9.00. The summed E-state index contributed by atoms with van der Waals surface area (Å²) in [4.78, 5) is 8.98. The van der Waals surface area contributed by atoms with Crippen molar-refractivity contribution in [2.45, 2.75) is 25.3 Å². The van der Waals surface area contributed by atoms with Crippen molar-refractivity contribution in [2.75, 3.05) is 0 Å². The zero-order chi connectivity index (χ0) is 11.3. The topological polar surface area (TPSA) is 51.8 Å². The Balaban J connectivity index is 2.32. The van der Waals surface area contributed by atoms with Gasteiger partial charge < -0.3 is 5.73 Å². The third kappa shape index (κ3) is 1.39. The summed E-state index contributed by atoms with van der Waals surface area (Å²) in [7, 11) is 0. The van der Waals surface area contributed by atoms with Gasteiger partial charge in [-0.3, -0.25) is 0 Å². The minimum Gasteiger partial charge on any atom is -0.319 e. The summed E-state index contributed by atoms with van der Waals surface area (Å²) in [5.41, 5.74) is 7.55. The van der Waals surface area contributed by atoms with Crippen LogP contribution in [0.1, 0.15) is 24.4 Å². The van der Waals surface area contributed by atoms with Crippen LogP contribution in [0.3, 0.4) is 0 Å². The first-order valence-electron chi connectivity index (χ1n) is 5.32. The summed E-state index contributed by atoms with van der Waals surface area (Å²) in [6.45, 7) is 1.97. The lowest BCUT2D eigenvalue weighted by atomic mass is 10.1. The fraction of sp³-hybridized carbons (Fsp3) is 0.333. The van der Waals surface area contributed by atoms with Crippen LogP contribution >= 0.6 is 11.6 Å². The molecule has 0 radical (unpaired) electrons. The molecule has 1 heterocycles. The van der Waals surface area contributed by atoms with E-state index in [1.165, 1.54) is 0 Å². The number of para-hydroxylation sites is 1. The van der Waals surface area contributed by atoms with Gasteiger partial charge in [0.15, 0.2) is 0 Å². The predicted molar refractivity (Wildman–Crippen MR) is 64.4 cm³/mol. The average molecular weight is 234 g/mol. The molecule has 0 aliphatic heterocycles. The monoisotopic (exact) mass is 233 g/mol. The van der Waals surface area contributed by atoms with E-state index in [0.29, 0.717) is 5.02 Å². The summed E-state index contributed by atoms with van der Waals surface area (Å²) in [6.07, 6.45) is 1.92. The number of halogens is 1. The van der Waals surface area contributed by atoms with Gasteiger partial charge in [0.25, 0.3) is 0 Å². The first-order valence-corrected chi connectivity index (χ1v) is 5.70. The quantitative estimate of drug-likeness (QED) is 0.824. The van der Waals surface area contributed by atoms with E-state index in [0.717, 1.165) is 35.3 Å². The SMILES string of the molecule is Cc1nc(C2(N)CC2)nc2c(Cl)cccc12. The Bertz CT molecular complexity index is 576. The maximum Gasteiger partial charge on any atom is 0.149 e. The lowest BCUT2D eigenvalue weighted by Crippen LogP contribution is -2.22. The van der Waals surface area contributed by atoms with Crippen LogP contribution in [0.5, 0.6) is 0 Å². The molecule has 1 aromatic carbocycles. The summed E-state index contributed by atoms with van der Waals surface area (Å²) in [5, 5.41) is 1.66. The van der Waals surface area contributed by atoms with Crippen molar-refractivity contribution in [2.24, 2.45) is 5.73 Å². The van der Waals surface area contributed by atoms with Gasteiger partial charge in [0.2, 0.25) is 0 Å². The summed E-state index contributed by atoms with van der Waals surface area (Å²) >= 11 is 6.14. The second-order valence-corrected chi connectivity index (χ2v) is 4.83. The maximum absolute atomic E-state index is 6.14. The fourth-order valence-corrected chi connectivity index (χ4v) is 2.07. The lowest BCUT2D eigenvalue weighted by molar-refractivity contribution is 0.674. The molecule has 1 aliphatic carbocycles.